The number of primary amides is 1. The molecule has 1 aromatic rings. The number of nitrogens with two attached hydrogens (primary N) is 1. The van der Waals surface area contributed by atoms with Crippen LogP contribution in [0.5, 0.6) is 5.75 Å². The van der Waals surface area contributed by atoms with Crippen LogP contribution in [-0.4, -0.2) is 22.9 Å². The highest BCUT2D eigenvalue weighted by atomic mass is 16.6. The summed E-state index contributed by atoms with van der Waals surface area (Å²) in [6.45, 7) is -0.430. The minimum Gasteiger partial charge on any atom is -0.508 e. The summed E-state index contributed by atoms with van der Waals surface area (Å²) in [6, 6.07) is 6.25. The van der Waals surface area contributed by atoms with Crippen LogP contribution in [-0.2, 0) is 4.74 Å². The van der Waals surface area contributed by atoms with Crippen LogP contribution in [0.4, 0.5) is 4.79 Å². The highest BCUT2D eigenvalue weighted by Gasteiger charge is 2.16. The van der Waals surface area contributed by atoms with Crippen LogP contribution in [0, 0.1) is 0 Å². The van der Waals surface area contributed by atoms with Crippen molar-refractivity contribution in [2.45, 2.75) is 6.10 Å². The normalized spacial score (nSPS) is 12.1. The fourth-order valence-electron chi connectivity index (χ4n) is 1.10. The Bertz CT molecular complexity index is 326. The van der Waals surface area contributed by atoms with Crippen LogP contribution in [0.1, 0.15) is 11.7 Å². The third-order valence-electron chi connectivity index (χ3n) is 1.71. The molecule has 0 aliphatic heterocycles. The minimum atomic E-state index is -0.993. The molecule has 1 rings (SSSR count). The largest absolute Gasteiger partial charge is 0.508 e. The maximum absolute atomic E-state index is 10.5. The number of amides is 1. The third-order valence-corrected chi connectivity index (χ3v) is 1.71. The molecular weight excluding hydrogens is 186 g/mol. The van der Waals surface area contributed by atoms with Crippen molar-refractivity contribution >= 4 is 6.09 Å². The van der Waals surface area contributed by atoms with Gasteiger partial charge in [-0.05, 0) is 6.07 Å². The molecule has 76 valence electrons. The molecule has 0 aromatic heterocycles. The number of hydrogen-bond donors (Lipinski definition) is 3. The van der Waals surface area contributed by atoms with Gasteiger partial charge in [0, 0.05) is 5.56 Å². The third kappa shape index (κ3) is 2.37. The molecule has 0 aliphatic carbocycles. The summed E-state index contributed by atoms with van der Waals surface area (Å²) in [5.41, 5.74) is 5.13. The Morgan fingerprint density at radius 1 is 1.50 bits per heavy atom. The molecule has 0 aliphatic rings. The van der Waals surface area contributed by atoms with Gasteiger partial charge in [-0.15, -0.1) is 0 Å². The van der Waals surface area contributed by atoms with Crippen LogP contribution in [0.25, 0.3) is 0 Å². The highest BCUT2D eigenvalue weighted by molar-refractivity contribution is 5.65. The number of hydrogen-bond acceptors (Lipinski definition) is 4. The van der Waals surface area contributed by atoms with Gasteiger partial charge in [0.05, 0.1) is 6.61 Å². The topological polar surface area (TPSA) is 92.8 Å². The number of carbonyl (C=O) groups is 1. The van der Waals surface area contributed by atoms with Crippen LogP contribution < -0.4 is 5.73 Å². The summed E-state index contributed by atoms with van der Waals surface area (Å²) >= 11 is 0. The van der Waals surface area contributed by atoms with Crippen molar-refractivity contribution in [3.8, 4) is 5.75 Å². The van der Waals surface area contributed by atoms with E-state index in [1.807, 2.05) is 0 Å². The van der Waals surface area contributed by atoms with E-state index in [0.29, 0.717) is 5.56 Å². The van der Waals surface area contributed by atoms with Gasteiger partial charge in [-0.3, -0.25) is 0 Å². The Labute approximate surface area is 80.7 Å². The monoisotopic (exact) mass is 197 g/mol. The summed E-state index contributed by atoms with van der Waals surface area (Å²) in [4.78, 5) is 10.5. The molecule has 0 heterocycles. The predicted octanol–water partition coefficient (Wildman–Crippen LogP) is 0.521. The zero-order valence-electron chi connectivity index (χ0n) is 7.38. The van der Waals surface area contributed by atoms with Crippen molar-refractivity contribution in [3.63, 3.8) is 0 Å². The van der Waals surface area contributed by atoms with Crippen molar-refractivity contribution in [2.24, 2.45) is 5.73 Å². The van der Waals surface area contributed by atoms with Gasteiger partial charge >= 0.3 is 6.09 Å². The van der Waals surface area contributed by atoms with E-state index < -0.39 is 18.8 Å². The molecule has 0 fully saturated rings. The molecule has 0 spiro atoms. The summed E-state index contributed by atoms with van der Waals surface area (Å²) < 4.78 is 4.60. The second kappa shape index (κ2) is 4.48. The summed E-state index contributed by atoms with van der Waals surface area (Å²) in [5, 5.41) is 18.3. The first kappa shape index (κ1) is 10.3. The number of benzene rings is 1. The van der Waals surface area contributed by atoms with Gasteiger partial charge < -0.3 is 20.7 Å². The van der Waals surface area contributed by atoms with E-state index >= 15 is 0 Å². The molecular formula is C9H11NO4. The van der Waals surface area contributed by atoms with Crippen LogP contribution in [0.2, 0.25) is 0 Å². The number of aromatic hydroxyl groups is 1. The van der Waals surface area contributed by atoms with Crippen molar-refractivity contribution in [1.82, 2.24) is 0 Å². The van der Waals surface area contributed by atoms with E-state index in [2.05, 4.69) is 4.74 Å². The van der Waals surface area contributed by atoms with E-state index in [-0.39, 0.29) is 5.75 Å². The van der Waals surface area contributed by atoms with Gasteiger partial charge in [0.15, 0.2) is 6.10 Å². The Morgan fingerprint density at radius 3 is 2.64 bits per heavy atom. The number of ether oxygens (including phenoxy) is 1. The standard InChI is InChI=1S/C9H11NO4/c10-9(13)14-8(5-11)6-3-1-2-4-7(6)12/h1-4,8,11-12H,5H2,(H2,10,13). The van der Waals surface area contributed by atoms with Crippen LogP contribution in [0.15, 0.2) is 24.3 Å². The molecule has 0 radical (unpaired) electrons. The number of para-hydroxylation sites is 1. The number of aliphatic hydroxyl groups excluding tert-OH is 1. The van der Waals surface area contributed by atoms with E-state index in [1.54, 1.807) is 18.2 Å². The molecule has 0 saturated heterocycles. The second-order valence-corrected chi connectivity index (χ2v) is 2.67. The smallest absolute Gasteiger partial charge is 0.405 e. The fourth-order valence-corrected chi connectivity index (χ4v) is 1.10. The van der Waals surface area contributed by atoms with Crippen molar-refractivity contribution in [1.29, 1.82) is 0 Å². The molecule has 0 bridgehead atoms. The molecule has 14 heavy (non-hydrogen) atoms. The molecule has 1 aromatic carbocycles. The quantitative estimate of drug-likeness (QED) is 0.658. The average molecular weight is 197 g/mol. The van der Waals surface area contributed by atoms with Crippen molar-refractivity contribution < 1.29 is 19.7 Å². The van der Waals surface area contributed by atoms with Gasteiger partial charge in [0.25, 0.3) is 0 Å². The van der Waals surface area contributed by atoms with Gasteiger partial charge in [-0.2, -0.15) is 0 Å². The van der Waals surface area contributed by atoms with Gasteiger partial charge in [0.2, 0.25) is 0 Å². The summed E-state index contributed by atoms with van der Waals surface area (Å²) in [5.74, 6) is -0.0483. The molecule has 5 nitrogen and oxygen atoms in total. The molecule has 1 atom stereocenters. The lowest BCUT2D eigenvalue weighted by molar-refractivity contribution is 0.0619. The molecule has 5 heteroatoms. The first-order chi connectivity index (χ1) is 6.65. The minimum absolute atomic E-state index is 0.0483. The Morgan fingerprint density at radius 2 is 2.14 bits per heavy atom. The Hall–Kier alpha value is -1.75. The zero-order valence-corrected chi connectivity index (χ0v) is 7.38. The number of aliphatic hydroxyl groups is 1. The summed E-state index contributed by atoms with van der Waals surface area (Å²) in [7, 11) is 0. The lowest BCUT2D eigenvalue weighted by Gasteiger charge is -2.14. The molecule has 4 N–H and O–H groups in total. The van der Waals surface area contributed by atoms with Crippen molar-refractivity contribution in [3.05, 3.63) is 29.8 Å². The number of phenolic OH excluding ortho intramolecular Hbond substituents is 1. The van der Waals surface area contributed by atoms with E-state index in [4.69, 9.17) is 10.8 Å². The summed E-state index contributed by atoms with van der Waals surface area (Å²) in [6.07, 6.45) is -1.92. The Balaban J connectivity index is 2.89. The van der Waals surface area contributed by atoms with Gasteiger partial charge in [-0.25, -0.2) is 4.79 Å². The average Bonchev–Trinajstić information content (AvgIpc) is 2.15. The maximum atomic E-state index is 10.5. The van der Waals surface area contributed by atoms with Gasteiger partial charge in [0.1, 0.15) is 5.75 Å². The second-order valence-electron chi connectivity index (χ2n) is 2.67. The number of phenols is 1. The number of carbonyl (C=O) groups excluding carboxylic acids is 1. The SMILES string of the molecule is NC(=O)OC(CO)c1ccccc1O. The van der Waals surface area contributed by atoms with E-state index in [0.717, 1.165) is 0 Å². The lowest BCUT2D eigenvalue weighted by Crippen LogP contribution is -2.19. The maximum Gasteiger partial charge on any atom is 0.405 e. The van der Waals surface area contributed by atoms with E-state index in [9.17, 15) is 9.90 Å². The first-order valence-corrected chi connectivity index (χ1v) is 4.00. The zero-order chi connectivity index (χ0) is 10.6. The van der Waals surface area contributed by atoms with Crippen LogP contribution in [0.3, 0.4) is 0 Å². The fraction of sp³-hybridized carbons (Fsp3) is 0.222. The Kier molecular flexibility index (Phi) is 3.30. The highest BCUT2D eigenvalue weighted by Crippen LogP contribution is 2.25. The van der Waals surface area contributed by atoms with Gasteiger partial charge in [-0.1, -0.05) is 18.2 Å². The first-order valence-electron chi connectivity index (χ1n) is 4.00. The van der Waals surface area contributed by atoms with Crippen LogP contribution >= 0.6 is 0 Å². The van der Waals surface area contributed by atoms with Crippen molar-refractivity contribution in [2.75, 3.05) is 6.61 Å². The predicted molar refractivity (Wildman–Crippen MR) is 48.6 cm³/mol. The van der Waals surface area contributed by atoms with E-state index in [1.165, 1.54) is 6.07 Å². The molecule has 1 amide bonds. The lowest BCUT2D eigenvalue weighted by atomic mass is 10.1. The molecule has 0 saturated carbocycles. The molecule has 1 unspecified atom stereocenters. The number of rotatable bonds is 3.